The van der Waals surface area contributed by atoms with Crippen LogP contribution in [-0.4, -0.2) is 54.9 Å². The first-order chi connectivity index (χ1) is 13.9. The smallest absolute Gasteiger partial charge is 0.254 e. The molecule has 2 rings (SSSR count). The van der Waals surface area contributed by atoms with Gasteiger partial charge in [0.25, 0.3) is 5.91 Å². The van der Waals surface area contributed by atoms with Crippen molar-refractivity contribution >= 4 is 41.8 Å². The number of hydrogen-bond donors (Lipinski definition) is 3. The summed E-state index contributed by atoms with van der Waals surface area (Å²) in [6.07, 6.45) is 2.29. The van der Waals surface area contributed by atoms with Gasteiger partial charge in [-0.2, -0.15) is 0 Å². The van der Waals surface area contributed by atoms with E-state index in [1.807, 2.05) is 24.3 Å². The van der Waals surface area contributed by atoms with Gasteiger partial charge in [0.1, 0.15) is 0 Å². The summed E-state index contributed by atoms with van der Waals surface area (Å²) in [4.78, 5) is 30.3. The molecule has 168 valence electrons. The molecule has 0 bridgehead atoms. The Bertz CT molecular complexity index is 706. The fourth-order valence-corrected chi connectivity index (χ4v) is 3.13. The van der Waals surface area contributed by atoms with Gasteiger partial charge >= 0.3 is 0 Å². The molecule has 1 saturated heterocycles. The molecule has 8 heteroatoms. The molecule has 7 nitrogen and oxygen atoms in total. The van der Waals surface area contributed by atoms with Gasteiger partial charge in [-0.15, -0.1) is 24.0 Å². The van der Waals surface area contributed by atoms with E-state index in [4.69, 9.17) is 0 Å². The van der Waals surface area contributed by atoms with Crippen LogP contribution in [0, 0.1) is 5.92 Å². The minimum absolute atomic E-state index is 0. The van der Waals surface area contributed by atoms with Crippen molar-refractivity contribution in [3.8, 4) is 0 Å². The van der Waals surface area contributed by atoms with Crippen LogP contribution >= 0.6 is 24.0 Å². The molecule has 0 radical (unpaired) electrons. The van der Waals surface area contributed by atoms with E-state index in [9.17, 15) is 9.59 Å². The molecule has 2 amide bonds. The van der Waals surface area contributed by atoms with E-state index < -0.39 is 0 Å². The number of piperazine rings is 1. The summed E-state index contributed by atoms with van der Waals surface area (Å²) in [5, 5.41) is 9.48. The topological polar surface area (TPSA) is 85.8 Å². The monoisotopic (exact) mass is 529 g/mol. The van der Waals surface area contributed by atoms with Crippen molar-refractivity contribution in [3.63, 3.8) is 0 Å². The number of nitrogens with zero attached hydrogens (tertiary/aromatic N) is 2. The Morgan fingerprint density at radius 2 is 1.90 bits per heavy atom. The lowest BCUT2D eigenvalue weighted by Gasteiger charge is -2.26. The van der Waals surface area contributed by atoms with Crippen molar-refractivity contribution < 1.29 is 9.59 Å². The zero-order chi connectivity index (χ0) is 21.2. The zero-order valence-electron chi connectivity index (χ0n) is 18.5. The Morgan fingerprint density at radius 1 is 1.20 bits per heavy atom. The van der Waals surface area contributed by atoms with Crippen molar-refractivity contribution in [1.29, 1.82) is 0 Å². The number of guanidine groups is 1. The van der Waals surface area contributed by atoms with E-state index in [1.54, 1.807) is 4.90 Å². The number of benzene rings is 1. The summed E-state index contributed by atoms with van der Waals surface area (Å²) in [5.74, 6) is 1.29. The van der Waals surface area contributed by atoms with E-state index in [2.05, 4.69) is 48.6 Å². The van der Waals surface area contributed by atoms with Crippen molar-refractivity contribution in [2.45, 2.75) is 53.1 Å². The van der Waals surface area contributed by atoms with E-state index >= 15 is 0 Å². The number of amides is 2. The minimum Gasteiger partial charge on any atom is -0.357 e. The summed E-state index contributed by atoms with van der Waals surface area (Å²) in [7, 11) is 0. The third kappa shape index (κ3) is 8.89. The molecule has 1 aromatic rings. The minimum atomic E-state index is -0.110. The van der Waals surface area contributed by atoms with Crippen LogP contribution in [0.3, 0.4) is 0 Å². The quantitative estimate of drug-likeness (QED) is 0.275. The van der Waals surface area contributed by atoms with Gasteiger partial charge in [-0.25, -0.2) is 4.99 Å². The van der Waals surface area contributed by atoms with Crippen LogP contribution < -0.4 is 16.0 Å². The van der Waals surface area contributed by atoms with E-state index in [0.29, 0.717) is 37.2 Å². The van der Waals surface area contributed by atoms with Gasteiger partial charge in [-0.05, 0) is 50.3 Å². The number of nitrogens with one attached hydrogen (secondary N) is 3. The highest BCUT2D eigenvalue weighted by Gasteiger charge is 2.22. The number of halogens is 1. The van der Waals surface area contributed by atoms with Gasteiger partial charge in [0.05, 0.1) is 13.1 Å². The van der Waals surface area contributed by atoms with Gasteiger partial charge in [0.2, 0.25) is 5.91 Å². The molecule has 1 aromatic carbocycles. The summed E-state index contributed by atoms with van der Waals surface area (Å²) >= 11 is 0. The Balaban J connectivity index is 0.00000450. The van der Waals surface area contributed by atoms with Gasteiger partial charge in [-0.1, -0.05) is 26.0 Å². The Morgan fingerprint density at radius 3 is 2.50 bits per heavy atom. The van der Waals surface area contributed by atoms with Crippen LogP contribution in [0.1, 0.15) is 56.5 Å². The normalized spacial score (nSPS) is 15.3. The van der Waals surface area contributed by atoms with E-state index in [1.165, 1.54) is 6.42 Å². The molecular formula is C22H36IN5O2. The van der Waals surface area contributed by atoms with Crippen LogP contribution in [0.25, 0.3) is 0 Å². The molecule has 1 aliphatic rings. The third-order valence-corrected chi connectivity index (χ3v) is 4.85. The Kier molecular flexibility index (Phi) is 11.8. The number of hydrogen-bond acceptors (Lipinski definition) is 3. The average molecular weight is 529 g/mol. The zero-order valence-corrected chi connectivity index (χ0v) is 20.9. The van der Waals surface area contributed by atoms with Crippen molar-refractivity contribution in [1.82, 2.24) is 20.9 Å². The summed E-state index contributed by atoms with van der Waals surface area (Å²) in [5.41, 5.74) is 1.63. The number of carbonyl (C=O) groups is 2. The maximum Gasteiger partial charge on any atom is 0.254 e. The molecule has 1 aliphatic heterocycles. The number of carbonyl (C=O) groups excluding carboxylic acids is 2. The van der Waals surface area contributed by atoms with Crippen LogP contribution in [0.4, 0.5) is 0 Å². The van der Waals surface area contributed by atoms with E-state index in [-0.39, 0.29) is 42.3 Å². The first kappa shape index (κ1) is 26.2. The molecule has 0 saturated carbocycles. The van der Waals surface area contributed by atoms with Crippen LogP contribution in [0.2, 0.25) is 0 Å². The third-order valence-electron chi connectivity index (χ3n) is 4.85. The Labute approximate surface area is 197 Å². The van der Waals surface area contributed by atoms with Crippen LogP contribution in [-0.2, 0) is 11.3 Å². The number of aliphatic imine (C=N–C) groups is 1. The second-order valence-electron chi connectivity index (χ2n) is 7.99. The first-order valence-electron chi connectivity index (χ1n) is 10.6. The lowest BCUT2D eigenvalue weighted by molar-refractivity contribution is -0.123. The fraction of sp³-hybridized carbons (Fsp3) is 0.591. The van der Waals surface area contributed by atoms with E-state index in [0.717, 1.165) is 24.5 Å². The van der Waals surface area contributed by atoms with Crippen LogP contribution in [0.5, 0.6) is 0 Å². The highest BCUT2D eigenvalue weighted by Crippen LogP contribution is 2.10. The van der Waals surface area contributed by atoms with Crippen molar-refractivity contribution in [3.05, 3.63) is 35.4 Å². The van der Waals surface area contributed by atoms with Gasteiger partial charge in [-0.3, -0.25) is 9.59 Å². The molecule has 1 atom stereocenters. The summed E-state index contributed by atoms with van der Waals surface area (Å²) < 4.78 is 0. The molecule has 1 heterocycles. The largest absolute Gasteiger partial charge is 0.357 e. The fourth-order valence-electron chi connectivity index (χ4n) is 3.13. The Hall–Kier alpha value is -1.84. The van der Waals surface area contributed by atoms with Gasteiger partial charge in [0.15, 0.2) is 5.96 Å². The second kappa shape index (κ2) is 13.5. The lowest BCUT2D eigenvalue weighted by atomic mass is 10.0. The second-order valence-corrected chi connectivity index (χ2v) is 7.99. The molecular weight excluding hydrogens is 493 g/mol. The first-order valence-corrected chi connectivity index (χ1v) is 10.6. The van der Waals surface area contributed by atoms with Gasteiger partial charge in [0, 0.05) is 31.2 Å². The van der Waals surface area contributed by atoms with Crippen LogP contribution in [0.15, 0.2) is 29.3 Å². The van der Waals surface area contributed by atoms with Crippen molar-refractivity contribution in [2.24, 2.45) is 10.9 Å². The molecule has 0 aliphatic carbocycles. The molecule has 1 unspecified atom stereocenters. The number of rotatable bonds is 8. The average Bonchev–Trinajstić information content (AvgIpc) is 2.70. The highest BCUT2D eigenvalue weighted by atomic mass is 127. The maximum atomic E-state index is 12.5. The maximum absolute atomic E-state index is 12.5. The molecule has 0 spiro atoms. The highest BCUT2D eigenvalue weighted by molar-refractivity contribution is 14.0. The van der Waals surface area contributed by atoms with Crippen molar-refractivity contribution in [2.75, 3.05) is 26.2 Å². The lowest BCUT2D eigenvalue weighted by Crippen LogP contribution is -2.49. The van der Waals surface area contributed by atoms with Gasteiger partial charge < -0.3 is 20.9 Å². The predicted octanol–water partition coefficient (Wildman–Crippen LogP) is 2.76. The molecule has 0 aromatic heterocycles. The predicted molar refractivity (Wildman–Crippen MR) is 132 cm³/mol. The SMILES string of the molecule is CCNC(=NCc1ccc(C(=O)N2CCNC(=O)C2)cc1)NC(C)CCC(C)C.I. The summed E-state index contributed by atoms with van der Waals surface area (Å²) in [6.45, 7) is 11.2. The summed E-state index contributed by atoms with van der Waals surface area (Å²) in [6, 6.07) is 7.83. The standard InChI is InChI=1S/C22H35N5O2.HI/c1-5-23-22(26-17(4)7-6-16(2)3)25-14-18-8-10-19(11-9-18)21(29)27-13-12-24-20(28)15-27;/h8-11,16-17H,5-7,12-15H2,1-4H3,(H,24,28)(H2,23,25,26);1H. The molecule has 1 fully saturated rings. The molecule has 30 heavy (non-hydrogen) atoms. The molecule has 3 N–H and O–H groups in total.